The van der Waals surface area contributed by atoms with E-state index < -0.39 is 18.1 Å². The highest BCUT2D eigenvalue weighted by atomic mass is 16.7. The Morgan fingerprint density at radius 2 is 1.62 bits per heavy atom. The Hall–Kier alpha value is -3.64. The minimum atomic E-state index is -0.884. The number of rotatable bonds is 5. The van der Waals surface area contributed by atoms with Gasteiger partial charge in [0.15, 0.2) is 6.10 Å². The van der Waals surface area contributed by atoms with Gasteiger partial charge in [-0.1, -0.05) is 49.4 Å². The molecule has 0 aromatic heterocycles. The second-order valence-electron chi connectivity index (χ2n) is 7.97. The van der Waals surface area contributed by atoms with Crippen LogP contribution in [-0.2, 0) is 20.8 Å². The van der Waals surface area contributed by atoms with Crippen LogP contribution in [0.1, 0.15) is 24.1 Å². The normalized spacial score (nSPS) is 22.4. The molecule has 3 unspecified atom stereocenters. The predicted molar refractivity (Wildman–Crippen MR) is 121 cm³/mol. The van der Waals surface area contributed by atoms with Gasteiger partial charge in [-0.25, -0.2) is 9.96 Å². The van der Waals surface area contributed by atoms with Crippen molar-refractivity contribution in [3.05, 3.63) is 90.0 Å². The minimum Gasteiger partial charge on any atom is -0.497 e. The fourth-order valence-corrected chi connectivity index (χ4v) is 4.51. The Morgan fingerprint density at radius 1 is 0.875 bits per heavy atom. The molecular weight excluding hydrogens is 404 g/mol. The number of amides is 2. The number of aryl methyl sites for hydroxylation is 1. The molecule has 0 bridgehead atoms. The predicted octanol–water partition coefficient (Wildman–Crippen LogP) is 4.31. The number of para-hydroxylation sites is 1. The van der Waals surface area contributed by atoms with Crippen molar-refractivity contribution in [2.45, 2.75) is 25.5 Å². The van der Waals surface area contributed by atoms with E-state index in [2.05, 4.69) is 6.92 Å². The Morgan fingerprint density at radius 3 is 2.31 bits per heavy atom. The third kappa shape index (κ3) is 3.24. The molecule has 0 saturated carbocycles. The van der Waals surface area contributed by atoms with Crippen molar-refractivity contribution in [2.24, 2.45) is 5.92 Å². The second-order valence-corrected chi connectivity index (χ2v) is 7.97. The van der Waals surface area contributed by atoms with Crippen LogP contribution in [0.3, 0.4) is 0 Å². The molecule has 162 valence electrons. The highest BCUT2D eigenvalue weighted by Gasteiger charge is 2.60. The average Bonchev–Trinajstić information content (AvgIpc) is 3.36. The molecule has 6 heteroatoms. The number of fused-ring (bicyclic) bond motifs is 1. The molecule has 2 amide bonds. The zero-order chi connectivity index (χ0) is 22.2. The Kier molecular flexibility index (Phi) is 5.15. The maximum Gasteiger partial charge on any atom is 0.266 e. The first-order valence-electron chi connectivity index (χ1n) is 10.7. The van der Waals surface area contributed by atoms with Crippen LogP contribution in [0.4, 0.5) is 11.4 Å². The maximum atomic E-state index is 13.6. The molecule has 0 spiro atoms. The lowest BCUT2D eigenvalue weighted by molar-refractivity contribution is -0.126. The molecule has 0 aliphatic carbocycles. The Labute approximate surface area is 186 Å². The molecule has 2 saturated heterocycles. The number of carbonyl (C=O) groups is 2. The molecule has 32 heavy (non-hydrogen) atoms. The standard InChI is InChI=1S/C26H24N2O4/c1-3-17-12-14-19(15-13-17)27-25(29)22-23(18-8-7-11-21(16-18)31-2)28(32-24(22)26(27)30)20-9-5-4-6-10-20/h4-16,22-24H,3H2,1-2H3. The number of imide groups is 1. The van der Waals surface area contributed by atoms with E-state index >= 15 is 0 Å². The van der Waals surface area contributed by atoms with E-state index in [1.807, 2.05) is 78.9 Å². The topological polar surface area (TPSA) is 59.1 Å². The van der Waals surface area contributed by atoms with E-state index in [9.17, 15) is 9.59 Å². The van der Waals surface area contributed by atoms with E-state index in [4.69, 9.17) is 9.57 Å². The van der Waals surface area contributed by atoms with E-state index in [0.717, 1.165) is 23.2 Å². The third-order valence-electron chi connectivity index (χ3n) is 6.16. The van der Waals surface area contributed by atoms with Gasteiger partial charge < -0.3 is 4.74 Å². The molecule has 6 nitrogen and oxygen atoms in total. The highest BCUT2D eigenvalue weighted by Crippen LogP contribution is 2.47. The van der Waals surface area contributed by atoms with Crippen molar-refractivity contribution >= 4 is 23.2 Å². The number of methoxy groups -OCH3 is 1. The lowest BCUT2D eigenvalue weighted by Crippen LogP contribution is -2.37. The van der Waals surface area contributed by atoms with Crippen molar-refractivity contribution in [2.75, 3.05) is 17.1 Å². The molecular formula is C26H24N2O4. The average molecular weight is 428 g/mol. The first-order valence-corrected chi connectivity index (χ1v) is 10.7. The van der Waals surface area contributed by atoms with E-state index in [0.29, 0.717) is 11.4 Å². The molecule has 2 aliphatic rings. The molecule has 3 aromatic carbocycles. The summed E-state index contributed by atoms with van der Waals surface area (Å²) in [6.45, 7) is 2.07. The van der Waals surface area contributed by atoms with Crippen molar-refractivity contribution in [3.63, 3.8) is 0 Å². The maximum absolute atomic E-state index is 13.6. The van der Waals surface area contributed by atoms with E-state index in [1.165, 1.54) is 4.90 Å². The number of nitrogens with zero attached hydrogens (tertiary/aromatic N) is 2. The van der Waals surface area contributed by atoms with Crippen LogP contribution in [0.15, 0.2) is 78.9 Å². The summed E-state index contributed by atoms with van der Waals surface area (Å²) in [6, 6.07) is 24.2. The van der Waals surface area contributed by atoms with Crippen LogP contribution < -0.4 is 14.7 Å². The van der Waals surface area contributed by atoms with Crippen LogP contribution >= 0.6 is 0 Å². The fraction of sp³-hybridized carbons (Fsp3) is 0.231. The number of carbonyl (C=O) groups excluding carboxylic acids is 2. The van der Waals surface area contributed by atoms with E-state index in [-0.39, 0.29) is 11.8 Å². The van der Waals surface area contributed by atoms with Crippen LogP contribution in [0.25, 0.3) is 0 Å². The van der Waals surface area contributed by atoms with Gasteiger partial charge in [-0.15, -0.1) is 0 Å². The molecule has 5 rings (SSSR count). The zero-order valence-corrected chi connectivity index (χ0v) is 18.0. The molecule has 2 heterocycles. The smallest absolute Gasteiger partial charge is 0.266 e. The van der Waals surface area contributed by atoms with Crippen molar-refractivity contribution in [1.82, 2.24) is 0 Å². The van der Waals surface area contributed by atoms with Crippen LogP contribution in [-0.4, -0.2) is 25.0 Å². The summed E-state index contributed by atoms with van der Waals surface area (Å²) in [6.07, 6.45) is 0.00489. The van der Waals surface area contributed by atoms with Crippen LogP contribution in [0.5, 0.6) is 5.75 Å². The molecule has 0 radical (unpaired) electrons. The summed E-state index contributed by atoms with van der Waals surface area (Å²) in [7, 11) is 1.61. The van der Waals surface area contributed by atoms with Crippen LogP contribution in [0, 0.1) is 5.92 Å². The van der Waals surface area contributed by atoms with Crippen molar-refractivity contribution in [1.29, 1.82) is 0 Å². The van der Waals surface area contributed by atoms with Gasteiger partial charge in [0.1, 0.15) is 11.7 Å². The SMILES string of the molecule is CCc1ccc(N2C(=O)C3ON(c4ccccc4)C(c4cccc(OC)c4)C3C2=O)cc1. The quantitative estimate of drug-likeness (QED) is 0.567. The summed E-state index contributed by atoms with van der Waals surface area (Å²) in [4.78, 5) is 34.4. The number of ether oxygens (including phenoxy) is 1. The van der Waals surface area contributed by atoms with Crippen LogP contribution in [0.2, 0.25) is 0 Å². The first kappa shape index (κ1) is 20.3. The van der Waals surface area contributed by atoms with Crippen molar-refractivity contribution < 1.29 is 19.2 Å². The van der Waals surface area contributed by atoms with E-state index in [1.54, 1.807) is 12.2 Å². The number of hydrogen-bond acceptors (Lipinski definition) is 5. The largest absolute Gasteiger partial charge is 0.497 e. The Bertz CT molecular complexity index is 1150. The number of hydrogen-bond donors (Lipinski definition) is 0. The second kappa shape index (κ2) is 8.13. The van der Waals surface area contributed by atoms with Gasteiger partial charge in [-0.05, 0) is 53.9 Å². The van der Waals surface area contributed by atoms with Gasteiger partial charge in [0, 0.05) is 0 Å². The van der Waals surface area contributed by atoms with Gasteiger partial charge in [-0.3, -0.25) is 14.4 Å². The summed E-state index contributed by atoms with van der Waals surface area (Å²) in [5.41, 5.74) is 3.36. The summed E-state index contributed by atoms with van der Waals surface area (Å²) < 4.78 is 5.41. The lowest BCUT2D eigenvalue weighted by atomic mass is 9.90. The summed E-state index contributed by atoms with van der Waals surface area (Å²) in [5.74, 6) is -0.575. The zero-order valence-electron chi connectivity index (χ0n) is 18.0. The molecule has 0 N–H and O–H groups in total. The lowest BCUT2D eigenvalue weighted by Gasteiger charge is -2.29. The first-order chi connectivity index (χ1) is 15.6. The van der Waals surface area contributed by atoms with Gasteiger partial charge in [0.25, 0.3) is 5.91 Å². The molecule has 2 aliphatic heterocycles. The number of hydroxylamine groups is 1. The summed E-state index contributed by atoms with van der Waals surface area (Å²) in [5, 5.41) is 1.69. The fourth-order valence-electron chi connectivity index (χ4n) is 4.51. The molecule has 3 atom stereocenters. The molecule has 2 fully saturated rings. The Balaban J connectivity index is 1.57. The number of benzene rings is 3. The molecule has 3 aromatic rings. The monoisotopic (exact) mass is 428 g/mol. The van der Waals surface area contributed by atoms with Gasteiger partial charge >= 0.3 is 0 Å². The van der Waals surface area contributed by atoms with Gasteiger partial charge in [0.05, 0.1) is 24.5 Å². The van der Waals surface area contributed by atoms with Gasteiger partial charge in [-0.2, -0.15) is 0 Å². The minimum absolute atomic E-state index is 0.254. The van der Waals surface area contributed by atoms with Gasteiger partial charge in [0.2, 0.25) is 5.91 Å². The van der Waals surface area contributed by atoms with Crippen molar-refractivity contribution in [3.8, 4) is 5.75 Å². The highest BCUT2D eigenvalue weighted by molar-refractivity contribution is 6.23. The third-order valence-corrected chi connectivity index (χ3v) is 6.16. The number of anilines is 2. The summed E-state index contributed by atoms with van der Waals surface area (Å²) >= 11 is 0.